The van der Waals surface area contributed by atoms with Gasteiger partial charge in [-0.3, -0.25) is 9.69 Å². The first-order valence-corrected chi connectivity index (χ1v) is 8.25. The van der Waals surface area contributed by atoms with Crippen LogP contribution >= 0.6 is 0 Å². The summed E-state index contributed by atoms with van der Waals surface area (Å²) in [7, 11) is 1.68. The second kappa shape index (κ2) is 6.81. The molecule has 5 nitrogen and oxygen atoms in total. The number of urea groups is 1. The Morgan fingerprint density at radius 2 is 1.72 bits per heavy atom. The second-order valence-electron chi connectivity index (χ2n) is 5.97. The number of carbonyl (C=O) groups is 1. The van der Waals surface area contributed by atoms with Crippen LogP contribution in [0.5, 0.6) is 0 Å². The molecule has 0 aliphatic rings. The van der Waals surface area contributed by atoms with Crippen molar-refractivity contribution in [3.63, 3.8) is 0 Å². The van der Waals surface area contributed by atoms with Crippen molar-refractivity contribution in [3.05, 3.63) is 70.6 Å². The van der Waals surface area contributed by atoms with Gasteiger partial charge >= 0.3 is 6.03 Å². The van der Waals surface area contributed by atoms with E-state index in [0.717, 1.165) is 16.6 Å². The van der Waals surface area contributed by atoms with E-state index >= 15 is 0 Å². The van der Waals surface area contributed by atoms with Crippen LogP contribution in [0.15, 0.2) is 59.5 Å². The third-order valence-corrected chi connectivity index (χ3v) is 4.30. The van der Waals surface area contributed by atoms with Crippen LogP contribution in [0.2, 0.25) is 0 Å². The number of amides is 2. The number of nitrogens with one attached hydrogen (secondary N) is 1. The van der Waals surface area contributed by atoms with Crippen LogP contribution < -0.4 is 15.8 Å². The van der Waals surface area contributed by atoms with Gasteiger partial charge in [0.1, 0.15) is 0 Å². The summed E-state index contributed by atoms with van der Waals surface area (Å²) in [6.07, 6.45) is 1.66. The van der Waals surface area contributed by atoms with Gasteiger partial charge in [-0.1, -0.05) is 36.4 Å². The molecule has 25 heavy (non-hydrogen) atoms. The van der Waals surface area contributed by atoms with Crippen molar-refractivity contribution in [2.75, 3.05) is 16.8 Å². The van der Waals surface area contributed by atoms with E-state index in [-0.39, 0.29) is 11.6 Å². The normalized spacial score (nSPS) is 10.7. The standard InChI is InChI=1S/C20H21N3O2/c1-4-23(18-12-8-5-9-14(18)2)20(25)21-17-13-22(3)19(24)16-11-7-6-10-15(16)17/h5-13H,4H2,1-3H3,(H,21,25). The molecule has 0 unspecified atom stereocenters. The number of aromatic nitrogens is 1. The van der Waals surface area contributed by atoms with Crippen LogP contribution in [0.3, 0.4) is 0 Å². The number of nitrogens with zero attached hydrogens (tertiary/aromatic N) is 2. The largest absolute Gasteiger partial charge is 0.326 e. The van der Waals surface area contributed by atoms with E-state index in [1.807, 2.05) is 56.3 Å². The fourth-order valence-corrected chi connectivity index (χ4v) is 2.99. The Kier molecular flexibility index (Phi) is 4.57. The van der Waals surface area contributed by atoms with Crippen molar-refractivity contribution in [1.29, 1.82) is 0 Å². The van der Waals surface area contributed by atoms with Gasteiger partial charge < -0.3 is 9.88 Å². The van der Waals surface area contributed by atoms with Gasteiger partial charge in [-0.2, -0.15) is 0 Å². The molecule has 3 aromatic rings. The minimum atomic E-state index is -0.222. The van der Waals surface area contributed by atoms with E-state index in [0.29, 0.717) is 17.6 Å². The molecule has 2 aromatic carbocycles. The Bertz CT molecular complexity index is 992. The number of carbonyl (C=O) groups excluding carboxylic acids is 1. The number of pyridine rings is 1. The summed E-state index contributed by atoms with van der Waals surface area (Å²) in [6, 6.07) is 14.8. The number of para-hydroxylation sites is 1. The molecule has 5 heteroatoms. The van der Waals surface area contributed by atoms with E-state index < -0.39 is 0 Å². The highest BCUT2D eigenvalue weighted by Gasteiger charge is 2.17. The molecule has 3 rings (SSSR count). The first-order valence-electron chi connectivity index (χ1n) is 8.25. The maximum Gasteiger partial charge on any atom is 0.326 e. The number of anilines is 2. The molecule has 0 aliphatic heterocycles. The van der Waals surface area contributed by atoms with Crippen molar-refractivity contribution in [1.82, 2.24) is 4.57 Å². The van der Waals surface area contributed by atoms with Gasteiger partial charge in [-0.25, -0.2) is 4.79 Å². The first-order chi connectivity index (χ1) is 12.0. The third-order valence-electron chi connectivity index (χ3n) is 4.30. The average Bonchev–Trinajstić information content (AvgIpc) is 2.62. The fraction of sp³-hybridized carbons (Fsp3) is 0.200. The number of hydrogen-bond acceptors (Lipinski definition) is 2. The Labute approximate surface area is 146 Å². The van der Waals surface area contributed by atoms with Gasteiger partial charge in [-0.05, 0) is 31.5 Å². The molecule has 0 saturated heterocycles. The Balaban J connectivity index is 2.01. The van der Waals surface area contributed by atoms with Gasteiger partial charge in [-0.15, -0.1) is 0 Å². The summed E-state index contributed by atoms with van der Waals surface area (Å²) < 4.78 is 1.49. The van der Waals surface area contributed by atoms with Crippen molar-refractivity contribution >= 4 is 28.2 Å². The van der Waals surface area contributed by atoms with Crippen molar-refractivity contribution in [2.24, 2.45) is 7.05 Å². The van der Waals surface area contributed by atoms with Crippen LogP contribution in [0.25, 0.3) is 10.8 Å². The summed E-state index contributed by atoms with van der Waals surface area (Å²) in [4.78, 5) is 26.8. The predicted molar refractivity (Wildman–Crippen MR) is 102 cm³/mol. The maximum absolute atomic E-state index is 12.9. The molecule has 128 valence electrons. The SMILES string of the molecule is CCN(C(=O)Nc1cn(C)c(=O)c2ccccc12)c1ccccc1C. The predicted octanol–water partition coefficient (Wildman–Crippen LogP) is 3.91. The number of fused-ring (bicyclic) bond motifs is 1. The molecule has 1 heterocycles. The lowest BCUT2D eigenvalue weighted by Crippen LogP contribution is -2.35. The van der Waals surface area contributed by atoms with Gasteiger partial charge in [0, 0.05) is 36.2 Å². The monoisotopic (exact) mass is 335 g/mol. The minimum absolute atomic E-state index is 0.0835. The molecule has 0 radical (unpaired) electrons. The zero-order valence-electron chi connectivity index (χ0n) is 14.6. The highest BCUT2D eigenvalue weighted by molar-refractivity contribution is 6.07. The molecule has 0 bridgehead atoms. The smallest absolute Gasteiger partial charge is 0.316 e. The Morgan fingerprint density at radius 1 is 1.08 bits per heavy atom. The third kappa shape index (κ3) is 3.13. The number of aryl methyl sites for hydroxylation is 2. The van der Waals surface area contributed by atoms with Gasteiger partial charge in [0.25, 0.3) is 5.56 Å². The molecule has 1 aromatic heterocycles. The lowest BCUT2D eigenvalue weighted by atomic mass is 10.1. The van der Waals surface area contributed by atoms with E-state index in [9.17, 15) is 9.59 Å². The summed E-state index contributed by atoms with van der Waals surface area (Å²) in [5.74, 6) is 0. The van der Waals surface area contributed by atoms with E-state index in [1.54, 1.807) is 24.2 Å². The number of hydrogen-bond donors (Lipinski definition) is 1. The highest BCUT2D eigenvalue weighted by atomic mass is 16.2. The molecular formula is C20H21N3O2. The molecule has 2 amide bonds. The van der Waals surface area contributed by atoms with Crippen LogP contribution in [0, 0.1) is 6.92 Å². The molecule has 0 aliphatic carbocycles. The second-order valence-corrected chi connectivity index (χ2v) is 5.97. The topological polar surface area (TPSA) is 54.3 Å². The van der Waals surface area contributed by atoms with Crippen LogP contribution in [0.1, 0.15) is 12.5 Å². The number of rotatable bonds is 3. The molecule has 0 fully saturated rings. The zero-order valence-corrected chi connectivity index (χ0v) is 14.6. The number of benzene rings is 2. The molecule has 0 spiro atoms. The fourth-order valence-electron chi connectivity index (χ4n) is 2.99. The highest BCUT2D eigenvalue weighted by Crippen LogP contribution is 2.23. The summed E-state index contributed by atoms with van der Waals surface area (Å²) in [5.41, 5.74) is 2.44. The first kappa shape index (κ1) is 16.8. The molecule has 1 N–H and O–H groups in total. The van der Waals surface area contributed by atoms with Crippen molar-refractivity contribution in [3.8, 4) is 0 Å². The van der Waals surface area contributed by atoms with Crippen LogP contribution in [-0.2, 0) is 7.05 Å². The Hall–Kier alpha value is -3.08. The lowest BCUT2D eigenvalue weighted by Gasteiger charge is -2.23. The summed E-state index contributed by atoms with van der Waals surface area (Å²) in [6.45, 7) is 4.46. The van der Waals surface area contributed by atoms with E-state index in [4.69, 9.17) is 0 Å². The van der Waals surface area contributed by atoms with Gasteiger partial charge in [0.2, 0.25) is 0 Å². The quantitative estimate of drug-likeness (QED) is 0.789. The zero-order chi connectivity index (χ0) is 18.0. The Morgan fingerprint density at radius 3 is 2.40 bits per heavy atom. The minimum Gasteiger partial charge on any atom is -0.316 e. The van der Waals surface area contributed by atoms with Crippen molar-refractivity contribution in [2.45, 2.75) is 13.8 Å². The van der Waals surface area contributed by atoms with Gasteiger partial charge in [0.05, 0.1) is 5.69 Å². The molecule has 0 atom stereocenters. The lowest BCUT2D eigenvalue weighted by molar-refractivity contribution is 0.257. The van der Waals surface area contributed by atoms with Crippen molar-refractivity contribution < 1.29 is 4.79 Å². The molecule has 0 saturated carbocycles. The maximum atomic E-state index is 12.9. The van der Waals surface area contributed by atoms with Crippen LogP contribution in [-0.4, -0.2) is 17.1 Å². The summed E-state index contributed by atoms with van der Waals surface area (Å²) >= 11 is 0. The van der Waals surface area contributed by atoms with E-state index in [2.05, 4.69) is 5.32 Å². The van der Waals surface area contributed by atoms with Gasteiger partial charge in [0.15, 0.2) is 0 Å². The van der Waals surface area contributed by atoms with Crippen LogP contribution in [0.4, 0.5) is 16.2 Å². The average molecular weight is 335 g/mol. The van der Waals surface area contributed by atoms with E-state index in [1.165, 1.54) is 4.57 Å². The summed E-state index contributed by atoms with van der Waals surface area (Å²) in [5, 5.41) is 4.28. The molecular weight excluding hydrogens is 314 g/mol.